The summed E-state index contributed by atoms with van der Waals surface area (Å²) in [5.74, 6) is 1.10. The molecule has 0 fully saturated rings. The van der Waals surface area contributed by atoms with Gasteiger partial charge in [-0.05, 0) is 68.1 Å². The fourth-order valence-corrected chi connectivity index (χ4v) is 2.70. The van der Waals surface area contributed by atoms with E-state index in [9.17, 15) is 9.50 Å². The molecule has 0 atom stereocenters. The summed E-state index contributed by atoms with van der Waals surface area (Å²) in [5, 5.41) is 16.3. The van der Waals surface area contributed by atoms with Gasteiger partial charge in [-0.15, -0.1) is 24.0 Å². The van der Waals surface area contributed by atoms with E-state index >= 15 is 0 Å². The van der Waals surface area contributed by atoms with E-state index in [0.717, 1.165) is 29.7 Å². The van der Waals surface area contributed by atoms with Crippen LogP contribution in [0, 0.1) is 12.7 Å². The molecule has 154 valence electrons. The van der Waals surface area contributed by atoms with Gasteiger partial charge in [0.2, 0.25) is 0 Å². The lowest BCUT2D eigenvalue weighted by atomic mass is 10.1. The predicted octanol–water partition coefficient (Wildman–Crippen LogP) is 4.15. The summed E-state index contributed by atoms with van der Waals surface area (Å²) in [4.78, 5) is 4.58. The molecular formula is C21H29FIN3O2. The summed E-state index contributed by atoms with van der Waals surface area (Å²) >= 11 is 0. The van der Waals surface area contributed by atoms with Crippen molar-refractivity contribution in [1.29, 1.82) is 0 Å². The Hall–Kier alpha value is -2.03. The number of rotatable bonds is 8. The van der Waals surface area contributed by atoms with Crippen LogP contribution in [0.2, 0.25) is 0 Å². The van der Waals surface area contributed by atoms with Gasteiger partial charge in [0.25, 0.3) is 0 Å². The molecule has 0 radical (unpaired) electrons. The molecule has 0 aliphatic carbocycles. The van der Waals surface area contributed by atoms with Crippen LogP contribution >= 0.6 is 24.0 Å². The maximum absolute atomic E-state index is 13.2. The van der Waals surface area contributed by atoms with Crippen LogP contribution in [0.3, 0.4) is 0 Å². The van der Waals surface area contributed by atoms with E-state index in [2.05, 4.69) is 15.6 Å². The van der Waals surface area contributed by atoms with E-state index in [-0.39, 0.29) is 35.5 Å². The Kier molecular flexibility index (Phi) is 10.7. The van der Waals surface area contributed by atoms with E-state index in [1.807, 2.05) is 32.9 Å². The maximum atomic E-state index is 13.2. The monoisotopic (exact) mass is 501 g/mol. The van der Waals surface area contributed by atoms with E-state index in [0.29, 0.717) is 31.4 Å². The number of aromatic hydroxyl groups is 1. The number of halogens is 2. The molecule has 2 aromatic rings. The molecule has 0 amide bonds. The maximum Gasteiger partial charge on any atom is 0.191 e. The Morgan fingerprint density at radius 3 is 2.61 bits per heavy atom. The summed E-state index contributed by atoms with van der Waals surface area (Å²) in [6, 6.07) is 10.1. The number of nitrogens with zero attached hydrogens (tertiary/aromatic N) is 1. The summed E-state index contributed by atoms with van der Waals surface area (Å²) in [7, 11) is 0. The third-order valence-corrected chi connectivity index (χ3v) is 4.08. The average molecular weight is 501 g/mol. The highest BCUT2D eigenvalue weighted by Gasteiger charge is 2.05. The third-order valence-electron chi connectivity index (χ3n) is 4.08. The number of benzene rings is 2. The molecule has 7 heteroatoms. The van der Waals surface area contributed by atoms with Gasteiger partial charge >= 0.3 is 0 Å². The zero-order valence-corrected chi connectivity index (χ0v) is 18.9. The first-order valence-corrected chi connectivity index (χ1v) is 9.25. The number of hydrogen-bond acceptors (Lipinski definition) is 3. The second kappa shape index (κ2) is 12.4. The van der Waals surface area contributed by atoms with Gasteiger partial charge in [-0.25, -0.2) is 9.38 Å². The van der Waals surface area contributed by atoms with Crippen LogP contribution in [-0.4, -0.2) is 30.8 Å². The first kappa shape index (κ1) is 24.0. The van der Waals surface area contributed by atoms with Crippen LogP contribution in [0.5, 0.6) is 11.5 Å². The van der Waals surface area contributed by atoms with Gasteiger partial charge in [0.05, 0.1) is 13.2 Å². The van der Waals surface area contributed by atoms with Gasteiger partial charge in [0, 0.05) is 13.1 Å². The Morgan fingerprint density at radius 1 is 1.14 bits per heavy atom. The standard InChI is InChI=1S/C21H28FN3O2.HI/c1-4-23-21(24-11-10-17-7-8-18(22)12-15(17)3)25-14-16-6-9-19(26)20(13-16)27-5-2;/h6-9,12-13,26H,4-5,10-11,14H2,1-3H3,(H2,23,24,25);1H. The number of nitrogens with one attached hydrogen (secondary N) is 2. The van der Waals surface area contributed by atoms with Crippen molar-refractivity contribution in [1.82, 2.24) is 10.6 Å². The molecular weight excluding hydrogens is 472 g/mol. The van der Waals surface area contributed by atoms with Crippen LogP contribution in [0.1, 0.15) is 30.5 Å². The minimum absolute atomic E-state index is 0. The lowest BCUT2D eigenvalue weighted by molar-refractivity contribution is 0.318. The predicted molar refractivity (Wildman–Crippen MR) is 122 cm³/mol. The van der Waals surface area contributed by atoms with Crippen molar-refractivity contribution < 1.29 is 14.2 Å². The Morgan fingerprint density at radius 2 is 1.93 bits per heavy atom. The topological polar surface area (TPSA) is 65.9 Å². The Bertz CT molecular complexity index is 784. The van der Waals surface area contributed by atoms with Crippen LogP contribution in [0.4, 0.5) is 4.39 Å². The summed E-state index contributed by atoms with van der Waals surface area (Å²) in [6.45, 7) is 8.20. The molecule has 2 rings (SSSR count). The van der Waals surface area contributed by atoms with Crippen LogP contribution in [0.25, 0.3) is 0 Å². The molecule has 0 saturated heterocycles. The highest BCUT2D eigenvalue weighted by Crippen LogP contribution is 2.27. The average Bonchev–Trinajstić information content (AvgIpc) is 2.64. The summed E-state index contributed by atoms with van der Waals surface area (Å²) < 4.78 is 18.6. The molecule has 3 N–H and O–H groups in total. The lowest BCUT2D eigenvalue weighted by Crippen LogP contribution is -2.38. The molecule has 0 aliphatic heterocycles. The summed E-state index contributed by atoms with van der Waals surface area (Å²) in [6.07, 6.45) is 0.782. The third kappa shape index (κ3) is 7.53. The first-order valence-electron chi connectivity index (χ1n) is 9.25. The van der Waals surface area contributed by atoms with Gasteiger partial charge in [0.1, 0.15) is 5.82 Å². The Labute approximate surface area is 183 Å². The highest BCUT2D eigenvalue weighted by molar-refractivity contribution is 14.0. The zero-order valence-electron chi connectivity index (χ0n) is 16.6. The molecule has 0 unspecified atom stereocenters. The molecule has 0 saturated carbocycles. The second-order valence-electron chi connectivity index (χ2n) is 6.18. The van der Waals surface area contributed by atoms with Crippen LogP contribution in [0.15, 0.2) is 41.4 Å². The Balaban J connectivity index is 0.00000392. The molecule has 0 heterocycles. The fraction of sp³-hybridized carbons (Fsp3) is 0.381. The van der Waals surface area contributed by atoms with Gasteiger partial charge in [0.15, 0.2) is 17.5 Å². The number of guanidine groups is 1. The quantitative estimate of drug-likeness (QED) is 0.289. The number of phenols is 1. The van der Waals surface area contributed by atoms with E-state index in [1.54, 1.807) is 18.2 Å². The molecule has 0 aliphatic rings. The second-order valence-corrected chi connectivity index (χ2v) is 6.18. The molecule has 0 aromatic heterocycles. The van der Waals surface area contributed by atoms with Gasteiger partial charge in [-0.1, -0.05) is 12.1 Å². The largest absolute Gasteiger partial charge is 0.504 e. The zero-order chi connectivity index (χ0) is 19.6. The van der Waals surface area contributed by atoms with Crippen LogP contribution < -0.4 is 15.4 Å². The van der Waals surface area contributed by atoms with E-state index in [1.165, 1.54) is 6.07 Å². The normalized spacial score (nSPS) is 10.9. The molecule has 5 nitrogen and oxygen atoms in total. The van der Waals surface area contributed by atoms with Gasteiger partial charge in [-0.3, -0.25) is 0 Å². The summed E-state index contributed by atoms with van der Waals surface area (Å²) in [5.41, 5.74) is 3.01. The van der Waals surface area contributed by atoms with Crippen molar-refractivity contribution in [2.24, 2.45) is 4.99 Å². The minimum Gasteiger partial charge on any atom is -0.504 e. The van der Waals surface area contributed by atoms with Gasteiger partial charge < -0.3 is 20.5 Å². The smallest absolute Gasteiger partial charge is 0.191 e. The molecule has 0 bridgehead atoms. The number of hydrogen-bond donors (Lipinski definition) is 3. The van der Waals surface area contributed by atoms with Gasteiger partial charge in [-0.2, -0.15) is 0 Å². The fourth-order valence-electron chi connectivity index (χ4n) is 2.70. The van der Waals surface area contributed by atoms with Crippen molar-refractivity contribution in [2.75, 3.05) is 19.7 Å². The van der Waals surface area contributed by atoms with E-state index < -0.39 is 0 Å². The van der Waals surface area contributed by atoms with Crippen LogP contribution in [-0.2, 0) is 13.0 Å². The lowest BCUT2D eigenvalue weighted by Gasteiger charge is -2.13. The number of phenolic OH excluding ortho intramolecular Hbond substituents is 1. The molecule has 28 heavy (non-hydrogen) atoms. The van der Waals surface area contributed by atoms with Crippen molar-refractivity contribution in [3.05, 3.63) is 58.9 Å². The van der Waals surface area contributed by atoms with Crippen molar-refractivity contribution in [2.45, 2.75) is 33.7 Å². The first-order chi connectivity index (χ1) is 13.0. The van der Waals surface area contributed by atoms with Crippen molar-refractivity contribution >= 4 is 29.9 Å². The minimum atomic E-state index is -0.209. The number of aryl methyl sites for hydroxylation is 1. The molecule has 2 aromatic carbocycles. The number of aliphatic imine (C=N–C) groups is 1. The molecule has 0 spiro atoms. The van der Waals surface area contributed by atoms with Crippen molar-refractivity contribution in [3.8, 4) is 11.5 Å². The van der Waals surface area contributed by atoms with E-state index in [4.69, 9.17) is 4.74 Å². The SMILES string of the molecule is CCNC(=NCc1ccc(O)c(OCC)c1)NCCc1ccc(F)cc1C.I. The highest BCUT2D eigenvalue weighted by atomic mass is 127. The van der Waals surface area contributed by atoms with Crippen molar-refractivity contribution in [3.63, 3.8) is 0 Å². The number of ether oxygens (including phenoxy) is 1.